The Bertz CT molecular complexity index is 1240. The molecule has 2 atom stereocenters. The van der Waals surface area contributed by atoms with Gasteiger partial charge in [-0.3, -0.25) is 4.79 Å². The Labute approximate surface area is 216 Å². The van der Waals surface area contributed by atoms with Crippen LogP contribution in [0.4, 0.5) is 13.2 Å². The van der Waals surface area contributed by atoms with Crippen LogP contribution in [0.5, 0.6) is 0 Å². The van der Waals surface area contributed by atoms with Gasteiger partial charge >= 0.3 is 6.18 Å². The third-order valence-corrected chi connectivity index (χ3v) is 7.56. The summed E-state index contributed by atoms with van der Waals surface area (Å²) in [6.45, 7) is 6.20. The molecule has 6 heteroatoms. The van der Waals surface area contributed by atoms with Gasteiger partial charge in [-0.2, -0.15) is 13.2 Å². The van der Waals surface area contributed by atoms with E-state index in [1.165, 1.54) is 0 Å². The number of hydrogen-bond acceptors (Lipinski definition) is 2. The van der Waals surface area contributed by atoms with E-state index in [1.807, 2.05) is 37.3 Å². The highest BCUT2D eigenvalue weighted by Gasteiger charge is 2.35. The van der Waals surface area contributed by atoms with Gasteiger partial charge in [-0.05, 0) is 68.2 Å². The second kappa shape index (κ2) is 11.1. The molecule has 4 rings (SSSR count). The van der Waals surface area contributed by atoms with E-state index in [-0.39, 0.29) is 17.7 Å². The molecule has 196 valence electrons. The molecule has 0 N–H and O–H groups in total. The van der Waals surface area contributed by atoms with Crippen molar-refractivity contribution in [3.63, 3.8) is 0 Å². The summed E-state index contributed by atoms with van der Waals surface area (Å²) in [6.07, 6.45) is 0.968. The number of carbonyl (C=O) groups excluding carboxylic acids is 2. The maximum absolute atomic E-state index is 13.8. The summed E-state index contributed by atoms with van der Waals surface area (Å²) in [4.78, 5) is 25.4. The predicted molar refractivity (Wildman–Crippen MR) is 139 cm³/mol. The van der Waals surface area contributed by atoms with E-state index in [0.29, 0.717) is 23.5 Å². The van der Waals surface area contributed by atoms with E-state index in [9.17, 15) is 22.8 Å². The summed E-state index contributed by atoms with van der Waals surface area (Å²) in [6, 6.07) is 14.4. The monoisotopic (exact) mass is 509 g/mol. The number of ketones is 1. The molecule has 1 aliphatic carbocycles. The lowest BCUT2D eigenvalue weighted by molar-refractivity contribution is -0.137. The average Bonchev–Trinajstić information content (AvgIpc) is 3.16. The lowest BCUT2D eigenvalue weighted by Crippen LogP contribution is -2.21. The van der Waals surface area contributed by atoms with E-state index in [4.69, 9.17) is 0 Å². The third-order valence-electron chi connectivity index (χ3n) is 7.56. The van der Waals surface area contributed by atoms with E-state index >= 15 is 0 Å². The van der Waals surface area contributed by atoms with Crippen molar-refractivity contribution in [3.8, 4) is 0 Å². The highest BCUT2D eigenvalue weighted by Crippen LogP contribution is 2.43. The van der Waals surface area contributed by atoms with Gasteiger partial charge in [0.05, 0.1) is 11.6 Å². The van der Waals surface area contributed by atoms with Crippen LogP contribution in [0.15, 0.2) is 54.6 Å². The molecule has 3 nitrogen and oxygen atoms in total. The Morgan fingerprint density at radius 2 is 1.73 bits per heavy atom. The summed E-state index contributed by atoms with van der Waals surface area (Å²) >= 11 is 0. The molecule has 0 spiro atoms. The number of hydrogen-bond donors (Lipinski definition) is 0. The molecule has 0 aliphatic heterocycles. The van der Waals surface area contributed by atoms with Crippen LogP contribution in [-0.4, -0.2) is 16.6 Å². The number of alkyl halides is 3. The Morgan fingerprint density at radius 3 is 2.32 bits per heavy atom. The summed E-state index contributed by atoms with van der Waals surface area (Å²) in [5.41, 5.74) is 4.21. The van der Waals surface area contributed by atoms with Crippen LogP contribution >= 0.6 is 0 Å². The second-order valence-electron chi connectivity index (χ2n) is 10.5. The molecular weight excluding hydrogens is 475 g/mol. The molecule has 1 aliphatic rings. The van der Waals surface area contributed by atoms with Gasteiger partial charge < -0.3 is 9.36 Å². The quantitative estimate of drug-likeness (QED) is 0.216. The second-order valence-corrected chi connectivity index (χ2v) is 10.5. The fourth-order valence-electron chi connectivity index (χ4n) is 5.76. The number of halogens is 3. The van der Waals surface area contributed by atoms with E-state index in [2.05, 4.69) is 18.4 Å². The van der Waals surface area contributed by atoms with Crippen molar-refractivity contribution in [1.29, 1.82) is 0 Å². The molecular formula is C31H34F3NO2. The lowest BCUT2D eigenvalue weighted by Gasteiger charge is -2.30. The Hall–Kier alpha value is -3.15. The minimum absolute atomic E-state index is 0.0201. The minimum atomic E-state index is -4.40. The van der Waals surface area contributed by atoms with Crippen LogP contribution in [-0.2, 0) is 17.4 Å². The first-order chi connectivity index (χ1) is 17.6. The van der Waals surface area contributed by atoms with Crippen LogP contribution in [0.25, 0.3) is 0 Å². The first-order valence-corrected chi connectivity index (χ1v) is 13.1. The van der Waals surface area contributed by atoms with Crippen LogP contribution < -0.4 is 0 Å². The smallest absolute Gasteiger partial charge is 0.340 e. The van der Waals surface area contributed by atoms with Gasteiger partial charge in [0.1, 0.15) is 6.29 Å². The van der Waals surface area contributed by atoms with Crippen LogP contribution in [0, 0.1) is 12.8 Å². The molecule has 1 heterocycles. The van der Waals surface area contributed by atoms with Crippen molar-refractivity contribution in [2.75, 3.05) is 0 Å². The summed E-state index contributed by atoms with van der Waals surface area (Å²) in [5.74, 6) is 0.336. The van der Waals surface area contributed by atoms with Crippen molar-refractivity contribution >= 4 is 12.1 Å². The van der Waals surface area contributed by atoms with Crippen LogP contribution in [0.1, 0.15) is 102 Å². The number of benzene rings is 2. The number of aromatic nitrogens is 1. The molecule has 0 saturated heterocycles. The number of aldehydes is 1. The SMILES string of the molecule is Cc1c(C(=O)c2ccccc2)c2c(n1[C@H](CCC(C)C)c1ccc(C(F)(F)F)cc1)C(CC=O)CCC2. The third kappa shape index (κ3) is 5.58. The molecule has 0 fully saturated rings. The molecule has 0 bridgehead atoms. The zero-order valence-corrected chi connectivity index (χ0v) is 21.6. The van der Waals surface area contributed by atoms with Crippen molar-refractivity contribution in [1.82, 2.24) is 4.57 Å². The zero-order chi connectivity index (χ0) is 26.7. The number of carbonyl (C=O) groups is 2. The molecule has 1 unspecified atom stereocenters. The van der Waals surface area contributed by atoms with Gasteiger partial charge in [0.25, 0.3) is 0 Å². The van der Waals surface area contributed by atoms with E-state index in [1.54, 1.807) is 12.1 Å². The van der Waals surface area contributed by atoms with E-state index < -0.39 is 11.7 Å². The molecule has 37 heavy (non-hydrogen) atoms. The number of fused-ring (bicyclic) bond motifs is 1. The van der Waals surface area contributed by atoms with Gasteiger partial charge in [0.15, 0.2) is 5.78 Å². The van der Waals surface area contributed by atoms with Crippen molar-refractivity contribution in [3.05, 3.63) is 93.8 Å². The summed E-state index contributed by atoms with van der Waals surface area (Å²) in [7, 11) is 0. The maximum Gasteiger partial charge on any atom is 0.416 e. The predicted octanol–water partition coefficient (Wildman–Crippen LogP) is 8.08. The Kier molecular flexibility index (Phi) is 8.05. The maximum atomic E-state index is 13.8. The van der Waals surface area contributed by atoms with Crippen LogP contribution in [0.2, 0.25) is 0 Å². The largest absolute Gasteiger partial charge is 0.416 e. The molecule has 3 aromatic rings. The van der Waals surface area contributed by atoms with Crippen molar-refractivity contribution in [2.45, 2.75) is 77.4 Å². The topological polar surface area (TPSA) is 39.1 Å². The van der Waals surface area contributed by atoms with Crippen LogP contribution in [0.3, 0.4) is 0 Å². The number of nitrogens with zero attached hydrogens (tertiary/aromatic N) is 1. The van der Waals surface area contributed by atoms with Gasteiger partial charge in [-0.25, -0.2) is 0 Å². The van der Waals surface area contributed by atoms with Crippen molar-refractivity contribution in [2.24, 2.45) is 5.92 Å². The molecule has 0 saturated carbocycles. The fraction of sp³-hybridized carbons (Fsp3) is 0.419. The molecule has 0 amide bonds. The van der Waals surface area contributed by atoms with Gasteiger partial charge in [-0.1, -0.05) is 56.3 Å². The Morgan fingerprint density at radius 1 is 1.05 bits per heavy atom. The summed E-state index contributed by atoms with van der Waals surface area (Å²) < 4.78 is 42.1. The zero-order valence-electron chi connectivity index (χ0n) is 21.6. The average molecular weight is 510 g/mol. The first kappa shape index (κ1) is 26.9. The number of rotatable bonds is 9. The standard InChI is InChI=1S/C31H34F3NO2/c1-20(2)12-17-27(22-13-15-25(16-14-22)31(32,33)34)35-21(3)28(30(37)24-8-5-4-6-9-24)26-11-7-10-23(18-19-36)29(26)35/h4-6,8-9,13-16,19-20,23,27H,7,10-12,17-18H2,1-3H3/t23?,27-/m1/s1. The highest BCUT2D eigenvalue weighted by atomic mass is 19.4. The highest BCUT2D eigenvalue weighted by molar-refractivity contribution is 6.11. The summed E-state index contributed by atoms with van der Waals surface area (Å²) in [5, 5.41) is 0. The van der Waals surface area contributed by atoms with Gasteiger partial charge in [0, 0.05) is 34.9 Å². The normalized spacial score (nSPS) is 16.5. The Balaban J connectivity index is 1.92. The molecule has 1 aromatic heterocycles. The fourth-order valence-corrected chi connectivity index (χ4v) is 5.76. The molecule has 0 radical (unpaired) electrons. The van der Waals surface area contributed by atoms with Gasteiger partial charge in [-0.15, -0.1) is 0 Å². The van der Waals surface area contributed by atoms with Crippen molar-refractivity contribution < 1.29 is 22.8 Å². The first-order valence-electron chi connectivity index (χ1n) is 13.1. The van der Waals surface area contributed by atoms with E-state index in [0.717, 1.165) is 73.0 Å². The minimum Gasteiger partial charge on any atom is -0.340 e. The van der Waals surface area contributed by atoms with Gasteiger partial charge in [0.2, 0.25) is 0 Å². The lowest BCUT2D eigenvalue weighted by atomic mass is 9.83. The molecule has 2 aromatic carbocycles.